The minimum absolute atomic E-state index is 0.00863. The fourth-order valence-corrected chi connectivity index (χ4v) is 3.72. The van der Waals surface area contributed by atoms with Crippen LogP contribution in [-0.4, -0.2) is 70.6 Å². The summed E-state index contributed by atoms with van der Waals surface area (Å²) in [5.41, 5.74) is 0.954. The average Bonchev–Trinajstić information content (AvgIpc) is 3.07. The molecule has 1 aromatic carbocycles. The molecule has 30 heavy (non-hydrogen) atoms. The molecule has 1 fully saturated rings. The number of likely N-dealkylation sites (tertiary alicyclic amines) is 1. The molecule has 2 aliphatic heterocycles. The molecule has 0 aromatic heterocycles. The summed E-state index contributed by atoms with van der Waals surface area (Å²) in [7, 11) is 2.54. The third kappa shape index (κ3) is 5.52. The van der Waals surface area contributed by atoms with Crippen molar-refractivity contribution in [2.75, 3.05) is 58.7 Å². The molecule has 0 aliphatic carbocycles. The number of carbonyl (C=O) groups excluding carboxylic acids is 2. The zero-order chi connectivity index (χ0) is 21.3. The van der Waals surface area contributed by atoms with Crippen LogP contribution in [0.3, 0.4) is 0 Å². The van der Waals surface area contributed by atoms with Crippen molar-refractivity contribution in [1.29, 1.82) is 0 Å². The van der Waals surface area contributed by atoms with Gasteiger partial charge in [0, 0.05) is 12.2 Å². The monoisotopic (exact) mass is 418 g/mol. The molecule has 8 nitrogen and oxygen atoms in total. The van der Waals surface area contributed by atoms with E-state index in [0.717, 1.165) is 25.4 Å². The van der Waals surface area contributed by atoms with E-state index in [4.69, 9.17) is 18.9 Å². The quantitative estimate of drug-likeness (QED) is 0.625. The van der Waals surface area contributed by atoms with Gasteiger partial charge in [-0.2, -0.15) is 0 Å². The van der Waals surface area contributed by atoms with Gasteiger partial charge in [-0.05, 0) is 50.2 Å². The third-order valence-corrected chi connectivity index (χ3v) is 5.36. The van der Waals surface area contributed by atoms with Gasteiger partial charge in [-0.3, -0.25) is 4.90 Å². The third-order valence-electron chi connectivity index (χ3n) is 5.36. The molecule has 0 radical (unpaired) electrons. The lowest BCUT2D eigenvalue weighted by molar-refractivity contribution is -0.140. The van der Waals surface area contributed by atoms with E-state index in [1.54, 1.807) is 4.90 Å². The van der Waals surface area contributed by atoms with Crippen molar-refractivity contribution >= 4 is 17.6 Å². The molecule has 0 bridgehead atoms. The number of nitrogens with zero attached hydrogens (tertiary/aromatic N) is 2. The molecule has 0 spiro atoms. The van der Waals surface area contributed by atoms with Gasteiger partial charge < -0.3 is 23.8 Å². The standard InChI is InChI=1S/C22H30N2O6/c1-27-21(25)19-15-29-16-24(20(19)22(26)28-2)17-7-9-18(10-8-17)30-14-13-23-11-5-3-4-6-12-23/h7-10H,3-6,11-16H2,1-2H3. The molecule has 1 aromatic rings. The Morgan fingerprint density at radius 1 is 0.967 bits per heavy atom. The van der Waals surface area contributed by atoms with Crippen LogP contribution in [0.2, 0.25) is 0 Å². The van der Waals surface area contributed by atoms with Gasteiger partial charge in [0.25, 0.3) is 0 Å². The number of ether oxygens (including phenoxy) is 4. The SMILES string of the molecule is COC(=O)C1=C(C(=O)OC)N(c2ccc(OCCN3CCCCCC3)cc2)COC1. The van der Waals surface area contributed by atoms with Crippen LogP contribution in [0.4, 0.5) is 5.69 Å². The van der Waals surface area contributed by atoms with Crippen LogP contribution in [0.1, 0.15) is 25.7 Å². The van der Waals surface area contributed by atoms with Crippen molar-refractivity contribution < 1.29 is 28.5 Å². The number of anilines is 1. The molecular weight excluding hydrogens is 388 g/mol. The lowest BCUT2D eigenvalue weighted by Crippen LogP contribution is -2.38. The molecular formula is C22H30N2O6. The highest BCUT2D eigenvalue weighted by Crippen LogP contribution is 2.28. The van der Waals surface area contributed by atoms with Crippen molar-refractivity contribution in [2.45, 2.75) is 25.7 Å². The summed E-state index contributed by atoms with van der Waals surface area (Å²) in [5.74, 6) is -0.478. The summed E-state index contributed by atoms with van der Waals surface area (Å²) in [6.45, 7) is 3.95. The molecule has 2 heterocycles. The van der Waals surface area contributed by atoms with Gasteiger partial charge in [0.2, 0.25) is 0 Å². The summed E-state index contributed by atoms with van der Waals surface area (Å²) in [5, 5.41) is 0. The van der Waals surface area contributed by atoms with Crippen molar-refractivity contribution in [2.24, 2.45) is 0 Å². The Hall–Kier alpha value is -2.58. The van der Waals surface area contributed by atoms with Crippen molar-refractivity contribution in [3.8, 4) is 5.75 Å². The van der Waals surface area contributed by atoms with E-state index in [2.05, 4.69) is 4.90 Å². The summed E-state index contributed by atoms with van der Waals surface area (Å²) >= 11 is 0. The van der Waals surface area contributed by atoms with Gasteiger partial charge in [-0.15, -0.1) is 0 Å². The first-order valence-electron chi connectivity index (χ1n) is 10.3. The summed E-state index contributed by atoms with van der Waals surface area (Å²) < 4.78 is 21.1. The van der Waals surface area contributed by atoms with Crippen LogP contribution in [0.5, 0.6) is 5.75 Å². The highest BCUT2D eigenvalue weighted by molar-refractivity contribution is 6.03. The van der Waals surface area contributed by atoms with Crippen LogP contribution < -0.4 is 9.64 Å². The fourth-order valence-electron chi connectivity index (χ4n) is 3.72. The smallest absolute Gasteiger partial charge is 0.355 e. The van der Waals surface area contributed by atoms with E-state index in [-0.39, 0.29) is 24.6 Å². The number of methoxy groups -OCH3 is 2. The zero-order valence-electron chi connectivity index (χ0n) is 17.7. The minimum Gasteiger partial charge on any atom is -0.492 e. The number of esters is 2. The Bertz CT molecular complexity index is 753. The number of hydrogen-bond acceptors (Lipinski definition) is 8. The van der Waals surface area contributed by atoms with Crippen LogP contribution >= 0.6 is 0 Å². The average molecular weight is 418 g/mol. The minimum atomic E-state index is -0.617. The van der Waals surface area contributed by atoms with Gasteiger partial charge in [0.05, 0.1) is 26.4 Å². The first kappa shape index (κ1) is 22.1. The molecule has 164 valence electrons. The topological polar surface area (TPSA) is 77.5 Å². The molecule has 0 atom stereocenters. The molecule has 0 unspecified atom stereocenters. The van der Waals surface area contributed by atoms with Crippen LogP contribution in [0.25, 0.3) is 0 Å². The van der Waals surface area contributed by atoms with E-state index in [1.807, 2.05) is 24.3 Å². The maximum atomic E-state index is 12.3. The molecule has 0 saturated carbocycles. The van der Waals surface area contributed by atoms with Gasteiger partial charge >= 0.3 is 11.9 Å². The summed E-state index contributed by atoms with van der Waals surface area (Å²) in [4.78, 5) is 28.5. The first-order valence-corrected chi connectivity index (χ1v) is 10.3. The Morgan fingerprint density at radius 2 is 1.63 bits per heavy atom. The molecule has 0 amide bonds. The van der Waals surface area contributed by atoms with E-state index in [0.29, 0.717) is 12.3 Å². The van der Waals surface area contributed by atoms with E-state index in [1.165, 1.54) is 39.9 Å². The number of carbonyl (C=O) groups is 2. The van der Waals surface area contributed by atoms with Crippen LogP contribution in [-0.2, 0) is 23.8 Å². The zero-order valence-corrected chi connectivity index (χ0v) is 17.7. The van der Waals surface area contributed by atoms with Gasteiger partial charge in [0.15, 0.2) is 0 Å². The summed E-state index contributed by atoms with van der Waals surface area (Å²) in [6, 6.07) is 7.35. The van der Waals surface area contributed by atoms with Crippen LogP contribution in [0, 0.1) is 0 Å². The lowest BCUT2D eigenvalue weighted by atomic mass is 10.1. The van der Waals surface area contributed by atoms with Crippen LogP contribution in [0.15, 0.2) is 35.5 Å². The highest BCUT2D eigenvalue weighted by atomic mass is 16.5. The van der Waals surface area contributed by atoms with Gasteiger partial charge in [0.1, 0.15) is 24.8 Å². The molecule has 1 saturated heterocycles. The molecule has 2 aliphatic rings. The second kappa shape index (κ2) is 11.0. The van der Waals surface area contributed by atoms with E-state index < -0.39 is 11.9 Å². The van der Waals surface area contributed by atoms with E-state index in [9.17, 15) is 9.59 Å². The van der Waals surface area contributed by atoms with Gasteiger partial charge in [-0.1, -0.05) is 12.8 Å². The predicted molar refractivity (Wildman–Crippen MR) is 111 cm³/mol. The Labute approximate surface area is 177 Å². The number of hydrogen-bond donors (Lipinski definition) is 0. The Morgan fingerprint density at radius 3 is 2.27 bits per heavy atom. The highest BCUT2D eigenvalue weighted by Gasteiger charge is 2.32. The number of rotatable bonds is 7. The maximum absolute atomic E-state index is 12.3. The van der Waals surface area contributed by atoms with Gasteiger partial charge in [-0.25, -0.2) is 9.59 Å². The fraction of sp³-hybridized carbons (Fsp3) is 0.545. The second-order valence-electron chi connectivity index (χ2n) is 7.31. The molecule has 8 heteroatoms. The second-order valence-corrected chi connectivity index (χ2v) is 7.31. The number of benzene rings is 1. The largest absolute Gasteiger partial charge is 0.492 e. The predicted octanol–water partition coefficient (Wildman–Crippen LogP) is 2.34. The molecule has 3 rings (SSSR count). The van der Waals surface area contributed by atoms with Crippen molar-refractivity contribution in [3.05, 3.63) is 35.5 Å². The maximum Gasteiger partial charge on any atom is 0.355 e. The Kier molecular flexibility index (Phi) is 8.10. The lowest BCUT2D eigenvalue weighted by Gasteiger charge is -2.31. The normalized spacial score (nSPS) is 18.0. The Balaban J connectivity index is 1.66. The van der Waals surface area contributed by atoms with Crippen molar-refractivity contribution in [3.63, 3.8) is 0 Å². The first-order chi connectivity index (χ1) is 14.6. The molecule has 0 N–H and O–H groups in total. The van der Waals surface area contributed by atoms with Crippen molar-refractivity contribution in [1.82, 2.24) is 4.90 Å². The summed E-state index contributed by atoms with van der Waals surface area (Å²) in [6.07, 6.45) is 5.16. The van der Waals surface area contributed by atoms with E-state index >= 15 is 0 Å².